The summed E-state index contributed by atoms with van der Waals surface area (Å²) in [5.41, 5.74) is 0.578. The molecule has 0 aliphatic rings. The summed E-state index contributed by atoms with van der Waals surface area (Å²) in [4.78, 5) is 34.2. The summed E-state index contributed by atoms with van der Waals surface area (Å²) < 4.78 is 4.97. The van der Waals surface area contributed by atoms with E-state index in [1.807, 2.05) is 0 Å². The molecule has 7 nitrogen and oxygen atoms in total. The predicted octanol–water partition coefficient (Wildman–Crippen LogP) is 2.68. The van der Waals surface area contributed by atoms with E-state index in [-0.39, 0.29) is 17.0 Å². The van der Waals surface area contributed by atoms with Crippen LogP contribution in [-0.4, -0.2) is 30.3 Å². The Morgan fingerprint density at radius 2 is 1.87 bits per heavy atom. The summed E-state index contributed by atoms with van der Waals surface area (Å²) in [6.07, 6.45) is 0. The average molecular weight is 314 g/mol. The van der Waals surface area contributed by atoms with Gasteiger partial charge in [-0.15, -0.1) is 0 Å². The molecular formula is C16H14N2O5. The van der Waals surface area contributed by atoms with E-state index < -0.39 is 17.5 Å². The number of ether oxygens (including phenoxy) is 1. The van der Waals surface area contributed by atoms with Crippen LogP contribution in [0.25, 0.3) is 0 Å². The Hall–Kier alpha value is -3.22. The van der Waals surface area contributed by atoms with Gasteiger partial charge in [-0.1, -0.05) is 30.3 Å². The molecule has 118 valence electrons. The molecule has 2 rings (SSSR count). The zero-order chi connectivity index (χ0) is 16.8. The first-order valence-electron chi connectivity index (χ1n) is 6.74. The number of nitrogens with one attached hydrogen (secondary N) is 1. The van der Waals surface area contributed by atoms with E-state index in [1.54, 1.807) is 37.4 Å². The number of ketones is 1. The van der Waals surface area contributed by atoms with Crippen molar-refractivity contribution in [3.05, 3.63) is 69.8 Å². The van der Waals surface area contributed by atoms with Gasteiger partial charge in [-0.2, -0.15) is 0 Å². The van der Waals surface area contributed by atoms with Crippen molar-refractivity contribution in [3.8, 4) is 0 Å². The highest BCUT2D eigenvalue weighted by atomic mass is 16.6. The number of esters is 1. The Morgan fingerprint density at radius 1 is 1.17 bits per heavy atom. The van der Waals surface area contributed by atoms with Gasteiger partial charge in [0.2, 0.25) is 0 Å². The van der Waals surface area contributed by atoms with Crippen LogP contribution in [0.2, 0.25) is 0 Å². The zero-order valence-corrected chi connectivity index (χ0v) is 12.3. The van der Waals surface area contributed by atoms with Crippen molar-refractivity contribution < 1.29 is 19.2 Å². The number of non-ortho nitro benzene ring substituents is 1. The SMILES string of the molecule is CNc1ccc([N+](=O)[O-])cc1C(=O)OCC(=O)c1ccccc1. The molecule has 0 saturated heterocycles. The number of nitro benzene ring substituents is 1. The highest BCUT2D eigenvalue weighted by Gasteiger charge is 2.18. The van der Waals surface area contributed by atoms with Crippen molar-refractivity contribution in [1.29, 1.82) is 0 Å². The molecule has 0 spiro atoms. The average Bonchev–Trinajstić information content (AvgIpc) is 2.59. The number of nitro groups is 1. The Kier molecular flexibility index (Phi) is 5.03. The molecule has 0 fully saturated rings. The summed E-state index contributed by atoms with van der Waals surface area (Å²) in [7, 11) is 1.58. The van der Waals surface area contributed by atoms with Crippen molar-refractivity contribution in [2.75, 3.05) is 19.0 Å². The van der Waals surface area contributed by atoms with Gasteiger partial charge < -0.3 is 10.1 Å². The molecule has 0 bridgehead atoms. The van der Waals surface area contributed by atoms with Crippen molar-refractivity contribution in [2.24, 2.45) is 0 Å². The van der Waals surface area contributed by atoms with Crippen molar-refractivity contribution in [3.63, 3.8) is 0 Å². The van der Waals surface area contributed by atoms with Crippen LogP contribution in [0.4, 0.5) is 11.4 Å². The van der Waals surface area contributed by atoms with Gasteiger partial charge in [0.15, 0.2) is 12.4 Å². The molecule has 0 aliphatic carbocycles. The van der Waals surface area contributed by atoms with Crippen LogP contribution in [0.1, 0.15) is 20.7 Å². The number of carbonyl (C=O) groups is 2. The lowest BCUT2D eigenvalue weighted by Gasteiger charge is -2.09. The predicted molar refractivity (Wildman–Crippen MR) is 83.7 cm³/mol. The van der Waals surface area contributed by atoms with Gasteiger partial charge >= 0.3 is 5.97 Å². The number of benzene rings is 2. The maximum absolute atomic E-state index is 12.1. The number of hydrogen-bond acceptors (Lipinski definition) is 6. The highest BCUT2D eigenvalue weighted by molar-refractivity contribution is 6.01. The summed E-state index contributed by atoms with van der Waals surface area (Å²) in [5.74, 6) is -1.15. The number of rotatable bonds is 6. The van der Waals surface area contributed by atoms with Gasteiger partial charge in [-0.3, -0.25) is 14.9 Å². The number of anilines is 1. The Morgan fingerprint density at radius 3 is 2.48 bits per heavy atom. The van der Waals surface area contributed by atoms with Gasteiger partial charge in [-0.25, -0.2) is 4.79 Å². The lowest BCUT2D eigenvalue weighted by molar-refractivity contribution is -0.384. The first kappa shape index (κ1) is 16.2. The van der Waals surface area contributed by atoms with Crippen LogP contribution >= 0.6 is 0 Å². The van der Waals surface area contributed by atoms with Crippen LogP contribution in [0.3, 0.4) is 0 Å². The molecule has 0 amide bonds. The molecule has 7 heteroatoms. The van der Waals surface area contributed by atoms with Gasteiger partial charge in [0.1, 0.15) is 0 Å². The second-order valence-corrected chi connectivity index (χ2v) is 4.60. The Balaban J connectivity index is 2.12. The van der Waals surface area contributed by atoms with E-state index in [0.29, 0.717) is 11.3 Å². The normalized spacial score (nSPS) is 9.96. The van der Waals surface area contributed by atoms with E-state index in [4.69, 9.17) is 4.74 Å². The zero-order valence-electron chi connectivity index (χ0n) is 12.3. The molecule has 0 saturated carbocycles. The van der Waals surface area contributed by atoms with Crippen molar-refractivity contribution >= 4 is 23.1 Å². The Labute approximate surface area is 132 Å². The first-order chi connectivity index (χ1) is 11.0. The lowest BCUT2D eigenvalue weighted by atomic mass is 10.1. The van der Waals surface area contributed by atoms with Crippen LogP contribution < -0.4 is 5.32 Å². The summed E-state index contributed by atoms with van der Waals surface area (Å²) in [6.45, 7) is -0.436. The van der Waals surface area contributed by atoms with E-state index >= 15 is 0 Å². The minimum atomic E-state index is -0.803. The first-order valence-corrected chi connectivity index (χ1v) is 6.74. The van der Waals surface area contributed by atoms with E-state index in [0.717, 1.165) is 6.07 Å². The van der Waals surface area contributed by atoms with Crippen LogP contribution in [0, 0.1) is 10.1 Å². The number of carbonyl (C=O) groups excluding carboxylic acids is 2. The van der Waals surface area contributed by atoms with Gasteiger partial charge in [0.05, 0.1) is 10.5 Å². The van der Waals surface area contributed by atoms with Crippen molar-refractivity contribution in [1.82, 2.24) is 0 Å². The number of hydrogen-bond donors (Lipinski definition) is 1. The maximum atomic E-state index is 12.1. The van der Waals surface area contributed by atoms with Crippen LogP contribution in [-0.2, 0) is 4.74 Å². The fraction of sp³-hybridized carbons (Fsp3) is 0.125. The number of nitrogens with zero attached hydrogens (tertiary/aromatic N) is 1. The van der Waals surface area contributed by atoms with Gasteiger partial charge in [0, 0.05) is 30.4 Å². The molecule has 1 N–H and O–H groups in total. The second kappa shape index (κ2) is 7.17. The fourth-order valence-corrected chi connectivity index (χ4v) is 1.95. The van der Waals surface area contributed by atoms with E-state index in [9.17, 15) is 19.7 Å². The topological polar surface area (TPSA) is 98.5 Å². The summed E-state index contributed by atoms with van der Waals surface area (Å²) >= 11 is 0. The summed E-state index contributed by atoms with van der Waals surface area (Å²) in [6, 6.07) is 12.2. The molecule has 2 aromatic rings. The van der Waals surface area contributed by atoms with Crippen LogP contribution in [0.15, 0.2) is 48.5 Å². The molecule has 0 aromatic heterocycles. The monoisotopic (exact) mass is 314 g/mol. The third kappa shape index (κ3) is 3.91. The molecular weight excluding hydrogens is 300 g/mol. The molecule has 0 unspecified atom stereocenters. The molecule has 0 aliphatic heterocycles. The molecule has 23 heavy (non-hydrogen) atoms. The standard InChI is InChI=1S/C16H14N2O5/c1-17-14-8-7-12(18(21)22)9-13(14)16(20)23-10-15(19)11-5-3-2-4-6-11/h2-9,17H,10H2,1H3. The molecule has 2 aromatic carbocycles. The largest absolute Gasteiger partial charge is 0.454 e. The minimum Gasteiger partial charge on any atom is -0.454 e. The quantitative estimate of drug-likeness (QED) is 0.381. The Bertz CT molecular complexity index is 743. The summed E-state index contributed by atoms with van der Waals surface area (Å²) in [5, 5.41) is 13.6. The van der Waals surface area contributed by atoms with Crippen LogP contribution in [0.5, 0.6) is 0 Å². The minimum absolute atomic E-state index is 0.00237. The third-order valence-electron chi connectivity index (χ3n) is 3.13. The van der Waals surface area contributed by atoms with E-state index in [2.05, 4.69) is 5.32 Å². The molecule has 0 atom stereocenters. The molecule has 0 heterocycles. The third-order valence-corrected chi connectivity index (χ3v) is 3.13. The maximum Gasteiger partial charge on any atom is 0.340 e. The molecule has 0 radical (unpaired) electrons. The van der Waals surface area contributed by atoms with E-state index in [1.165, 1.54) is 12.1 Å². The van der Waals surface area contributed by atoms with Crippen molar-refractivity contribution in [2.45, 2.75) is 0 Å². The van der Waals surface area contributed by atoms with Gasteiger partial charge in [0.25, 0.3) is 5.69 Å². The van der Waals surface area contributed by atoms with Gasteiger partial charge in [-0.05, 0) is 6.07 Å². The fourth-order valence-electron chi connectivity index (χ4n) is 1.95. The smallest absolute Gasteiger partial charge is 0.340 e. The second-order valence-electron chi connectivity index (χ2n) is 4.60. The highest BCUT2D eigenvalue weighted by Crippen LogP contribution is 2.22. The number of Topliss-reactive ketones (excluding diaryl/α,β-unsaturated/α-hetero) is 1. The lowest BCUT2D eigenvalue weighted by Crippen LogP contribution is -2.15.